The molecule has 1 aromatic rings. The third-order valence-electron chi connectivity index (χ3n) is 3.27. The molecule has 1 heterocycles. The third kappa shape index (κ3) is 4.35. The number of nitrogens with one attached hydrogen (secondary N) is 1. The van der Waals surface area contributed by atoms with Crippen molar-refractivity contribution in [2.75, 3.05) is 18.9 Å². The van der Waals surface area contributed by atoms with E-state index in [-0.39, 0.29) is 0 Å². The lowest BCUT2D eigenvalue weighted by Gasteiger charge is -2.27. The standard InChI is InChI=1S/C14H25N3/c1-6-15-14-8-7-13(9-16-14)10-17(5)12(4)11(2)3/h7-9,11-12H,6,10H2,1-5H3,(H,15,16). The Hall–Kier alpha value is -1.09. The second-order valence-electron chi connectivity index (χ2n) is 4.98. The summed E-state index contributed by atoms with van der Waals surface area (Å²) in [4.78, 5) is 6.76. The van der Waals surface area contributed by atoms with Crippen LogP contribution in [0.4, 0.5) is 5.82 Å². The van der Waals surface area contributed by atoms with Gasteiger partial charge in [-0.2, -0.15) is 0 Å². The van der Waals surface area contributed by atoms with Gasteiger partial charge < -0.3 is 5.32 Å². The number of hydrogen-bond donors (Lipinski definition) is 1. The smallest absolute Gasteiger partial charge is 0.125 e. The van der Waals surface area contributed by atoms with Gasteiger partial charge in [-0.25, -0.2) is 4.98 Å². The van der Waals surface area contributed by atoms with Crippen LogP contribution in [0.1, 0.15) is 33.3 Å². The molecular formula is C14H25N3. The SMILES string of the molecule is CCNc1ccc(CN(C)C(C)C(C)C)cn1. The van der Waals surface area contributed by atoms with Crippen molar-refractivity contribution in [2.45, 2.75) is 40.3 Å². The molecule has 0 aliphatic carbocycles. The topological polar surface area (TPSA) is 28.2 Å². The minimum atomic E-state index is 0.587. The number of rotatable bonds is 6. The maximum absolute atomic E-state index is 4.39. The van der Waals surface area contributed by atoms with Crippen LogP contribution in [-0.4, -0.2) is 29.5 Å². The molecule has 17 heavy (non-hydrogen) atoms. The van der Waals surface area contributed by atoms with E-state index in [1.165, 1.54) is 5.56 Å². The van der Waals surface area contributed by atoms with Gasteiger partial charge in [-0.15, -0.1) is 0 Å². The van der Waals surface area contributed by atoms with Crippen LogP contribution in [0, 0.1) is 5.92 Å². The Morgan fingerprint density at radius 3 is 2.47 bits per heavy atom. The molecule has 0 fully saturated rings. The Morgan fingerprint density at radius 2 is 2.00 bits per heavy atom. The highest BCUT2D eigenvalue weighted by Gasteiger charge is 2.13. The van der Waals surface area contributed by atoms with Crippen molar-refractivity contribution < 1.29 is 0 Å². The molecule has 0 amide bonds. The average Bonchev–Trinajstić information content (AvgIpc) is 2.30. The molecule has 1 unspecified atom stereocenters. The van der Waals surface area contributed by atoms with Crippen molar-refractivity contribution >= 4 is 5.82 Å². The molecule has 0 radical (unpaired) electrons. The molecule has 1 N–H and O–H groups in total. The molecule has 0 spiro atoms. The normalized spacial score (nSPS) is 13.1. The molecule has 0 aromatic carbocycles. The summed E-state index contributed by atoms with van der Waals surface area (Å²) >= 11 is 0. The maximum atomic E-state index is 4.39. The summed E-state index contributed by atoms with van der Waals surface area (Å²) in [5.41, 5.74) is 1.27. The minimum absolute atomic E-state index is 0.587. The van der Waals surface area contributed by atoms with E-state index in [4.69, 9.17) is 0 Å². The molecule has 1 aromatic heterocycles. The highest BCUT2D eigenvalue weighted by atomic mass is 15.1. The fourth-order valence-electron chi connectivity index (χ4n) is 1.74. The van der Waals surface area contributed by atoms with Crippen molar-refractivity contribution in [3.05, 3.63) is 23.9 Å². The zero-order valence-electron chi connectivity index (χ0n) is 11.7. The molecule has 0 saturated carbocycles. The molecule has 0 aliphatic heterocycles. The van der Waals surface area contributed by atoms with E-state index in [9.17, 15) is 0 Å². The van der Waals surface area contributed by atoms with Crippen molar-refractivity contribution in [3.63, 3.8) is 0 Å². The van der Waals surface area contributed by atoms with Gasteiger partial charge in [-0.1, -0.05) is 19.9 Å². The van der Waals surface area contributed by atoms with Crippen LogP contribution in [0.15, 0.2) is 18.3 Å². The molecular weight excluding hydrogens is 210 g/mol. The summed E-state index contributed by atoms with van der Waals surface area (Å²) in [5.74, 6) is 1.63. The van der Waals surface area contributed by atoms with Crippen LogP contribution in [0.5, 0.6) is 0 Å². The van der Waals surface area contributed by atoms with Gasteiger partial charge in [-0.3, -0.25) is 4.90 Å². The first-order valence-electron chi connectivity index (χ1n) is 6.43. The predicted molar refractivity (Wildman–Crippen MR) is 74.2 cm³/mol. The summed E-state index contributed by atoms with van der Waals surface area (Å²) < 4.78 is 0. The highest BCUT2D eigenvalue weighted by Crippen LogP contribution is 2.12. The molecule has 3 heteroatoms. The van der Waals surface area contributed by atoms with Crippen LogP contribution in [0.25, 0.3) is 0 Å². The summed E-state index contributed by atoms with van der Waals surface area (Å²) in [6, 6.07) is 4.78. The van der Waals surface area contributed by atoms with Gasteiger partial charge in [0, 0.05) is 25.3 Å². The van der Waals surface area contributed by atoms with Gasteiger partial charge in [0.05, 0.1) is 0 Å². The van der Waals surface area contributed by atoms with Crippen molar-refractivity contribution in [1.82, 2.24) is 9.88 Å². The molecule has 1 rings (SSSR count). The van der Waals surface area contributed by atoms with Crippen LogP contribution in [-0.2, 0) is 6.54 Å². The van der Waals surface area contributed by atoms with E-state index in [2.05, 4.69) is 56.0 Å². The van der Waals surface area contributed by atoms with Gasteiger partial charge in [-0.05, 0) is 38.4 Å². The Bertz CT molecular complexity index is 319. The Kier molecular flexibility index (Phi) is 5.42. The lowest BCUT2D eigenvalue weighted by Crippen LogP contribution is -2.32. The van der Waals surface area contributed by atoms with Crippen LogP contribution in [0.3, 0.4) is 0 Å². The predicted octanol–water partition coefficient (Wildman–Crippen LogP) is 2.99. The van der Waals surface area contributed by atoms with Crippen LogP contribution >= 0.6 is 0 Å². The number of hydrogen-bond acceptors (Lipinski definition) is 3. The molecule has 0 bridgehead atoms. The average molecular weight is 235 g/mol. The molecule has 0 saturated heterocycles. The Labute approximate surface area is 105 Å². The van der Waals surface area contributed by atoms with Gasteiger partial charge in [0.15, 0.2) is 0 Å². The van der Waals surface area contributed by atoms with E-state index in [0.29, 0.717) is 12.0 Å². The largest absolute Gasteiger partial charge is 0.370 e. The lowest BCUT2D eigenvalue weighted by atomic mass is 10.0. The van der Waals surface area contributed by atoms with Crippen LogP contribution < -0.4 is 5.32 Å². The fraction of sp³-hybridized carbons (Fsp3) is 0.643. The van der Waals surface area contributed by atoms with Crippen molar-refractivity contribution in [1.29, 1.82) is 0 Å². The number of pyridine rings is 1. The monoisotopic (exact) mass is 235 g/mol. The van der Waals surface area contributed by atoms with E-state index in [1.807, 2.05) is 12.3 Å². The molecule has 0 aliphatic rings. The van der Waals surface area contributed by atoms with Crippen LogP contribution in [0.2, 0.25) is 0 Å². The number of anilines is 1. The minimum Gasteiger partial charge on any atom is -0.370 e. The van der Waals surface area contributed by atoms with Crippen molar-refractivity contribution in [3.8, 4) is 0 Å². The maximum Gasteiger partial charge on any atom is 0.125 e. The number of aromatic nitrogens is 1. The second-order valence-corrected chi connectivity index (χ2v) is 4.98. The highest BCUT2D eigenvalue weighted by molar-refractivity contribution is 5.35. The van der Waals surface area contributed by atoms with Gasteiger partial charge in [0.25, 0.3) is 0 Å². The van der Waals surface area contributed by atoms with Gasteiger partial charge >= 0.3 is 0 Å². The lowest BCUT2D eigenvalue weighted by molar-refractivity contribution is 0.200. The summed E-state index contributed by atoms with van der Waals surface area (Å²) in [7, 11) is 2.17. The summed E-state index contributed by atoms with van der Waals surface area (Å²) in [5, 5.41) is 3.20. The Balaban J connectivity index is 2.56. The first kappa shape index (κ1) is 14.0. The van der Waals surface area contributed by atoms with Gasteiger partial charge in [0.1, 0.15) is 5.82 Å². The third-order valence-corrected chi connectivity index (χ3v) is 3.27. The fourth-order valence-corrected chi connectivity index (χ4v) is 1.74. The Morgan fingerprint density at radius 1 is 1.29 bits per heavy atom. The first-order valence-corrected chi connectivity index (χ1v) is 6.43. The molecule has 3 nitrogen and oxygen atoms in total. The molecule has 96 valence electrons. The van der Waals surface area contributed by atoms with E-state index >= 15 is 0 Å². The summed E-state index contributed by atoms with van der Waals surface area (Å²) in [6.45, 7) is 10.7. The number of nitrogens with zero attached hydrogens (tertiary/aromatic N) is 2. The summed E-state index contributed by atoms with van der Waals surface area (Å²) in [6.07, 6.45) is 1.96. The van der Waals surface area contributed by atoms with Gasteiger partial charge in [0.2, 0.25) is 0 Å². The van der Waals surface area contributed by atoms with Crippen molar-refractivity contribution in [2.24, 2.45) is 5.92 Å². The quantitative estimate of drug-likeness (QED) is 0.821. The zero-order chi connectivity index (χ0) is 12.8. The zero-order valence-corrected chi connectivity index (χ0v) is 11.7. The second kappa shape index (κ2) is 6.60. The van der Waals surface area contributed by atoms with E-state index < -0.39 is 0 Å². The molecule has 1 atom stereocenters. The van der Waals surface area contributed by atoms with E-state index in [1.54, 1.807) is 0 Å². The van der Waals surface area contributed by atoms with E-state index in [0.717, 1.165) is 18.9 Å². The first-order chi connectivity index (χ1) is 8.04.